The van der Waals surface area contributed by atoms with Crippen molar-refractivity contribution in [2.24, 2.45) is 0 Å². The first kappa shape index (κ1) is 10.4. The van der Waals surface area contributed by atoms with Gasteiger partial charge in [-0.25, -0.2) is 8.42 Å². The maximum absolute atomic E-state index is 11.6. The van der Waals surface area contributed by atoms with E-state index in [1.54, 1.807) is 0 Å². The molecule has 4 nitrogen and oxygen atoms in total. The van der Waals surface area contributed by atoms with Crippen LogP contribution >= 0.6 is 0 Å². The molecule has 2 unspecified atom stereocenters. The fraction of sp³-hybridized carbons (Fsp3) is 1.00. The Bertz CT molecular complexity index is 282. The number of hydrogen-bond donors (Lipinski definition) is 1. The van der Waals surface area contributed by atoms with Crippen molar-refractivity contribution in [2.45, 2.75) is 37.2 Å². The van der Waals surface area contributed by atoms with Crippen LogP contribution in [0.1, 0.15) is 25.7 Å². The molecule has 2 heterocycles. The van der Waals surface area contributed by atoms with Crippen molar-refractivity contribution in [3.63, 3.8) is 0 Å². The summed E-state index contributed by atoms with van der Waals surface area (Å²) in [7, 11) is -2.81. The number of rotatable bonds is 2. The zero-order valence-electron chi connectivity index (χ0n) is 8.24. The summed E-state index contributed by atoms with van der Waals surface area (Å²) in [6.07, 6.45) is 3.24. The van der Waals surface area contributed by atoms with Crippen LogP contribution in [0, 0.1) is 0 Å². The minimum Gasteiger partial charge on any atom is -0.363 e. The Balaban J connectivity index is 1.90. The summed E-state index contributed by atoms with van der Waals surface area (Å²) in [5.41, 5.74) is 0. The van der Waals surface area contributed by atoms with Crippen LogP contribution in [0.5, 0.6) is 0 Å². The highest BCUT2D eigenvalue weighted by atomic mass is 32.2. The molecule has 0 bridgehead atoms. The van der Waals surface area contributed by atoms with E-state index in [0.29, 0.717) is 12.2 Å². The first-order valence-electron chi connectivity index (χ1n) is 5.25. The topological polar surface area (TPSA) is 55.4 Å². The van der Waals surface area contributed by atoms with Crippen molar-refractivity contribution < 1.29 is 13.2 Å². The molecule has 0 spiro atoms. The summed E-state index contributed by atoms with van der Waals surface area (Å²) in [4.78, 5) is 0. The molecule has 2 fully saturated rings. The number of nitrogens with one attached hydrogen (secondary N) is 1. The van der Waals surface area contributed by atoms with E-state index in [-0.39, 0.29) is 11.5 Å². The molecule has 0 aromatic rings. The van der Waals surface area contributed by atoms with Crippen LogP contribution in [0.2, 0.25) is 0 Å². The lowest BCUT2D eigenvalue weighted by Gasteiger charge is -2.26. The number of sulfone groups is 1. The van der Waals surface area contributed by atoms with Gasteiger partial charge in [0.05, 0.1) is 11.0 Å². The second kappa shape index (κ2) is 4.16. The Morgan fingerprint density at radius 2 is 2.21 bits per heavy atom. The van der Waals surface area contributed by atoms with E-state index in [1.165, 1.54) is 0 Å². The molecule has 2 aliphatic heterocycles. The van der Waals surface area contributed by atoms with E-state index in [2.05, 4.69) is 5.32 Å². The second-order valence-electron chi connectivity index (χ2n) is 4.03. The summed E-state index contributed by atoms with van der Waals surface area (Å²) in [5.74, 6) is 0.365. The lowest BCUT2D eigenvalue weighted by atomic mass is 10.2. The Kier molecular flexibility index (Phi) is 3.09. The van der Waals surface area contributed by atoms with E-state index in [1.807, 2.05) is 0 Å². The molecule has 1 N–H and O–H groups in total. The van der Waals surface area contributed by atoms with Gasteiger partial charge in [-0.1, -0.05) is 0 Å². The standard InChI is InChI=1S/C9H17NO3S/c11-14(12)6-1-3-8(14)7-9-10-4-2-5-13-9/h8-10H,1-7H2. The molecule has 2 atom stereocenters. The molecule has 5 heteroatoms. The minimum absolute atomic E-state index is 0.0402. The van der Waals surface area contributed by atoms with Crippen LogP contribution in [0.15, 0.2) is 0 Å². The van der Waals surface area contributed by atoms with E-state index in [4.69, 9.17) is 4.74 Å². The van der Waals surface area contributed by atoms with Crippen molar-refractivity contribution in [3.8, 4) is 0 Å². The predicted octanol–water partition coefficient (Wildman–Crippen LogP) is 0.290. The molecular formula is C9H17NO3S. The Morgan fingerprint density at radius 1 is 1.36 bits per heavy atom. The van der Waals surface area contributed by atoms with Gasteiger partial charge in [-0.2, -0.15) is 0 Å². The Morgan fingerprint density at radius 3 is 2.79 bits per heavy atom. The van der Waals surface area contributed by atoms with E-state index < -0.39 is 9.84 Å². The monoisotopic (exact) mass is 219 g/mol. The quantitative estimate of drug-likeness (QED) is 0.725. The first-order chi connectivity index (χ1) is 6.68. The molecule has 0 aromatic heterocycles. The van der Waals surface area contributed by atoms with Crippen LogP contribution in [0.4, 0.5) is 0 Å². The number of hydrogen-bond acceptors (Lipinski definition) is 4. The van der Waals surface area contributed by atoms with Gasteiger partial charge in [-0.05, 0) is 25.8 Å². The second-order valence-corrected chi connectivity index (χ2v) is 6.43. The molecule has 0 amide bonds. The molecule has 0 radical (unpaired) electrons. The van der Waals surface area contributed by atoms with Crippen molar-refractivity contribution in [1.29, 1.82) is 0 Å². The van der Waals surface area contributed by atoms with Crippen LogP contribution in [0.25, 0.3) is 0 Å². The maximum atomic E-state index is 11.6. The SMILES string of the molecule is O=S1(=O)CCCC1CC1NCCCO1. The van der Waals surface area contributed by atoms with Gasteiger partial charge in [0, 0.05) is 13.0 Å². The molecule has 14 heavy (non-hydrogen) atoms. The Labute approximate surface area is 84.9 Å². The van der Waals surface area contributed by atoms with Gasteiger partial charge in [-0.15, -0.1) is 0 Å². The first-order valence-corrected chi connectivity index (χ1v) is 6.96. The molecule has 2 aliphatic rings. The molecule has 82 valence electrons. The third kappa shape index (κ3) is 2.27. The molecular weight excluding hydrogens is 202 g/mol. The van der Waals surface area contributed by atoms with Crippen LogP contribution in [-0.2, 0) is 14.6 Å². The minimum atomic E-state index is -2.81. The summed E-state index contributed by atoms with van der Waals surface area (Å²) in [6, 6.07) is 0. The summed E-state index contributed by atoms with van der Waals surface area (Å²) in [6.45, 7) is 1.70. The molecule has 2 saturated heterocycles. The van der Waals surface area contributed by atoms with Crippen LogP contribution in [-0.4, -0.2) is 38.8 Å². The van der Waals surface area contributed by atoms with Gasteiger partial charge in [-0.3, -0.25) is 5.32 Å². The fourth-order valence-corrected chi connectivity index (χ4v) is 4.03. The smallest absolute Gasteiger partial charge is 0.153 e. The molecule has 0 aromatic carbocycles. The third-order valence-electron chi connectivity index (χ3n) is 2.95. The average Bonchev–Trinajstić information content (AvgIpc) is 2.48. The lowest BCUT2D eigenvalue weighted by molar-refractivity contribution is -0.00410. The van der Waals surface area contributed by atoms with Gasteiger partial charge in [0.15, 0.2) is 9.84 Å². The molecule has 0 saturated carbocycles. The zero-order valence-corrected chi connectivity index (χ0v) is 9.05. The van der Waals surface area contributed by atoms with E-state index in [9.17, 15) is 8.42 Å². The number of ether oxygens (including phenoxy) is 1. The summed E-state index contributed by atoms with van der Waals surface area (Å²) < 4.78 is 28.6. The summed E-state index contributed by atoms with van der Waals surface area (Å²) >= 11 is 0. The highest BCUT2D eigenvalue weighted by Crippen LogP contribution is 2.24. The van der Waals surface area contributed by atoms with Gasteiger partial charge in [0.1, 0.15) is 6.23 Å². The largest absolute Gasteiger partial charge is 0.363 e. The fourth-order valence-electron chi connectivity index (χ4n) is 2.13. The highest BCUT2D eigenvalue weighted by Gasteiger charge is 2.33. The van der Waals surface area contributed by atoms with Crippen LogP contribution in [0.3, 0.4) is 0 Å². The van der Waals surface area contributed by atoms with Gasteiger partial charge < -0.3 is 4.74 Å². The molecule has 0 aliphatic carbocycles. The lowest BCUT2D eigenvalue weighted by Crippen LogP contribution is -2.41. The van der Waals surface area contributed by atoms with E-state index in [0.717, 1.165) is 32.4 Å². The summed E-state index contributed by atoms with van der Waals surface area (Å²) in [5, 5.41) is 3.03. The predicted molar refractivity (Wildman–Crippen MR) is 53.8 cm³/mol. The highest BCUT2D eigenvalue weighted by molar-refractivity contribution is 7.92. The normalized spacial score (nSPS) is 37.1. The van der Waals surface area contributed by atoms with Crippen molar-refractivity contribution in [3.05, 3.63) is 0 Å². The van der Waals surface area contributed by atoms with Crippen molar-refractivity contribution in [2.75, 3.05) is 18.9 Å². The average molecular weight is 219 g/mol. The van der Waals surface area contributed by atoms with Crippen molar-refractivity contribution in [1.82, 2.24) is 5.32 Å². The van der Waals surface area contributed by atoms with Crippen LogP contribution < -0.4 is 5.32 Å². The van der Waals surface area contributed by atoms with Gasteiger partial charge >= 0.3 is 0 Å². The zero-order chi connectivity index (χ0) is 10.0. The van der Waals surface area contributed by atoms with Gasteiger partial charge in [0.2, 0.25) is 0 Å². The molecule has 2 rings (SSSR count). The maximum Gasteiger partial charge on any atom is 0.153 e. The Hall–Kier alpha value is -0.130. The third-order valence-corrected chi connectivity index (χ3v) is 5.25. The van der Waals surface area contributed by atoms with Gasteiger partial charge in [0.25, 0.3) is 0 Å². The van der Waals surface area contributed by atoms with E-state index >= 15 is 0 Å². The van der Waals surface area contributed by atoms with Crippen molar-refractivity contribution >= 4 is 9.84 Å².